The highest BCUT2D eigenvalue weighted by Gasteiger charge is 2.20. The number of anilines is 2. The Bertz CT molecular complexity index is 954. The molecule has 0 aliphatic rings. The van der Waals surface area contributed by atoms with Crippen LogP contribution in [0.3, 0.4) is 0 Å². The number of carbonyl (C=O) groups excluding carboxylic acids is 1. The van der Waals surface area contributed by atoms with Crippen LogP contribution < -0.4 is 10.2 Å². The van der Waals surface area contributed by atoms with E-state index in [0.29, 0.717) is 35.7 Å². The number of fused-ring (bicyclic) bond motifs is 1. The summed E-state index contributed by atoms with van der Waals surface area (Å²) in [5.41, 5.74) is 2.86. The normalized spacial score (nSPS) is 10.8. The first-order valence-electron chi connectivity index (χ1n) is 8.62. The van der Waals surface area contributed by atoms with Crippen LogP contribution in [0, 0.1) is 12.7 Å². The van der Waals surface area contributed by atoms with Crippen LogP contribution in [0.1, 0.15) is 29.9 Å². The monoisotopic (exact) mass is 352 g/mol. The Balaban J connectivity index is 2.06. The second-order valence-electron chi connectivity index (χ2n) is 5.97. The molecule has 134 valence electrons. The number of amides is 1. The van der Waals surface area contributed by atoms with E-state index in [2.05, 4.69) is 15.3 Å². The maximum Gasteiger partial charge on any atom is 0.278 e. The Hall–Kier alpha value is -3.02. The minimum atomic E-state index is -0.361. The van der Waals surface area contributed by atoms with Crippen molar-refractivity contribution in [3.63, 3.8) is 0 Å². The largest absolute Gasteiger partial charge is 0.355 e. The molecule has 0 radical (unpaired) electrons. The van der Waals surface area contributed by atoms with Gasteiger partial charge in [0, 0.05) is 18.8 Å². The number of nitrogens with one attached hydrogen (secondary N) is 1. The summed E-state index contributed by atoms with van der Waals surface area (Å²) in [5.74, 6) is -0.152. The molecule has 3 rings (SSSR count). The van der Waals surface area contributed by atoms with Crippen LogP contribution in [-0.4, -0.2) is 29.0 Å². The summed E-state index contributed by atoms with van der Waals surface area (Å²) < 4.78 is 13.3. The first kappa shape index (κ1) is 17.8. The smallest absolute Gasteiger partial charge is 0.278 e. The van der Waals surface area contributed by atoms with E-state index in [1.165, 1.54) is 12.1 Å². The van der Waals surface area contributed by atoms with E-state index in [1.807, 2.05) is 43.0 Å². The summed E-state index contributed by atoms with van der Waals surface area (Å²) in [6.45, 7) is 7.17. The zero-order valence-corrected chi connectivity index (χ0v) is 15.1. The van der Waals surface area contributed by atoms with Crippen LogP contribution in [0.5, 0.6) is 0 Å². The van der Waals surface area contributed by atoms with Gasteiger partial charge in [0.2, 0.25) is 0 Å². The van der Waals surface area contributed by atoms with Crippen molar-refractivity contribution in [2.75, 3.05) is 23.3 Å². The zero-order chi connectivity index (χ0) is 18.7. The molecule has 2 aromatic carbocycles. The summed E-state index contributed by atoms with van der Waals surface area (Å²) in [6, 6.07) is 11.7. The van der Waals surface area contributed by atoms with Gasteiger partial charge < -0.3 is 10.2 Å². The van der Waals surface area contributed by atoms with Gasteiger partial charge in [0.1, 0.15) is 5.82 Å². The third-order valence-electron chi connectivity index (χ3n) is 4.27. The standard InChI is InChI=1S/C20H21FN4O/c1-4-25(5-2)19-18(22-16-8-6-7-9-17(16)23-19)20(26)24-15-11-10-14(21)12-13(15)3/h6-12H,4-5H2,1-3H3,(H,24,26). The van der Waals surface area contributed by atoms with Gasteiger partial charge in [-0.3, -0.25) is 4.79 Å². The quantitative estimate of drug-likeness (QED) is 0.748. The van der Waals surface area contributed by atoms with Gasteiger partial charge in [-0.25, -0.2) is 14.4 Å². The van der Waals surface area contributed by atoms with Gasteiger partial charge >= 0.3 is 0 Å². The van der Waals surface area contributed by atoms with E-state index in [0.717, 1.165) is 5.52 Å². The molecule has 0 saturated heterocycles. The molecule has 0 aliphatic heterocycles. The van der Waals surface area contributed by atoms with Gasteiger partial charge in [-0.2, -0.15) is 0 Å². The van der Waals surface area contributed by atoms with Gasteiger partial charge in [-0.05, 0) is 56.7 Å². The van der Waals surface area contributed by atoms with Gasteiger partial charge in [-0.1, -0.05) is 12.1 Å². The second-order valence-corrected chi connectivity index (χ2v) is 5.97. The van der Waals surface area contributed by atoms with Crippen molar-refractivity contribution in [2.24, 2.45) is 0 Å². The van der Waals surface area contributed by atoms with Crippen molar-refractivity contribution >= 4 is 28.4 Å². The molecule has 0 bridgehead atoms. The number of aromatic nitrogens is 2. The Morgan fingerprint density at radius 3 is 2.35 bits per heavy atom. The first-order chi connectivity index (χ1) is 12.5. The predicted molar refractivity (Wildman–Crippen MR) is 102 cm³/mol. The lowest BCUT2D eigenvalue weighted by atomic mass is 10.2. The molecule has 1 aromatic heterocycles. The van der Waals surface area contributed by atoms with Crippen molar-refractivity contribution in [1.29, 1.82) is 0 Å². The number of hydrogen-bond acceptors (Lipinski definition) is 4. The molecule has 0 aliphatic carbocycles. The first-order valence-corrected chi connectivity index (χ1v) is 8.62. The van der Waals surface area contributed by atoms with E-state index in [9.17, 15) is 9.18 Å². The molecule has 3 aromatic rings. The number of nitrogens with zero attached hydrogens (tertiary/aromatic N) is 3. The van der Waals surface area contributed by atoms with Crippen LogP contribution in [0.25, 0.3) is 11.0 Å². The average molecular weight is 352 g/mol. The number of halogens is 1. The van der Waals surface area contributed by atoms with Gasteiger partial charge in [-0.15, -0.1) is 0 Å². The summed E-state index contributed by atoms with van der Waals surface area (Å²) in [6.07, 6.45) is 0. The highest BCUT2D eigenvalue weighted by molar-refractivity contribution is 6.07. The number of para-hydroxylation sites is 2. The second kappa shape index (κ2) is 7.47. The van der Waals surface area contributed by atoms with Crippen molar-refractivity contribution in [3.8, 4) is 0 Å². The summed E-state index contributed by atoms with van der Waals surface area (Å²) in [4.78, 5) is 24.1. The minimum absolute atomic E-state index is 0.260. The molecule has 0 saturated carbocycles. The summed E-state index contributed by atoms with van der Waals surface area (Å²) in [5, 5.41) is 2.83. The number of benzene rings is 2. The Labute approximate surface area is 151 Å². The minimum Gasteiger partial charge on any atom is -0.355 e. The van der Waals surface area contributed by atoms with E-state index in [1.54, 1.807) is 13.0 Å². The molecule has 5 nitrogen and oxygen atoms in total. The van der Waals surface area contributed by atoms with E-state index >= 15 is 0 Å². The predicted octanol–water partition coefficient (Wildman–Crippen LogP) is 4.18. The molecule has 1 N–H and O–H groups in total. The fourth-order valence-corrected chi connectivity index (χ4v) is 2.84. The Kier molecular flexibility index (Phi) is 5.11. The van der Waals surface area contributed by atoms with Crippen molar-refractivity contribution in [2.45, 2.75) is 20.8 Å². The average Bonchev–Trinajstić information content (AvgIpc) is 2.64. The maximum atomic E-state index is 13.3. The van der Waals surface area contributed by atoms with E-state index in [4.69, 9.17) is 0 Å². The number of hydrogen-bond donors (Lipinski definition) is 1. The van der Waals surface area contributed by atoms with Crippen LogP contribution in [0.4, 0.5) is 15.9 Å². The number of rotatable bonds is 5. The third kappa shape index (κ3) is 3.49. The lowest BCUT2D eigenvalue weighted by molar-refractivity contribution is 0.102. The van der Waals surface area contributed by atoms with E-state index in [-0.39, 0.29) is 17.4 Å². The highest BCUT2D eigenvalue weighted by atomic mass is 19.1. The van der Waals surface area contributed by atoms with Crippen molar-refractivity contribution in [1.82, 2.24) is 9.97 Å². The Morgan fingerprint density at radius 2 is 1.73 bits per heavy atom. The van der Waals surface area contributed by atoms with Gasteiger partial charge in [0.15, 0.2) is 11.5 Å². The zero-order valence-electron chi connectivity index (χ0n) is 15.1. The highest BCUT2D eigenvalue weighted by Crippen LogP contribution is 2.23. The van der Waals surface area contributed by atoms with Crippen LogP contribution >= 0.6 is 0 Å². The molecule has 1 heterocycles. The van der Waals surface area contributed by atoms with E-state index < -0.39 is 0 Å². The van der Waals surface area contributed by atoms with Crippen LogP contribution in [0.2, 0.25) is 0 Å². The van der Waals surface area contributed by atoms with Gasteiger partial charge in [0.25, 0.3) is 5.91 Å². The van der Waals surface area contributed by atoms with Crippen LogP contribution in [0.15, 0.2) is 42.5 Å². The molecule has 0 fully saturated rings. The van der Waals surface area contributed by atoms with Crippen LogP contribution in [-0.2, 0) is 0 Å². The van der Waals surface area contributed by atoms with Crippen molar-refractivity contribution in [3.05, 3.63) is 59.5 Å². The Morgan fingerprint density at radius 1 is 1.08 bits per heavy atom. The topological polar surface area (TPSA) is 58.1 Å². The maximum absolute atomic E-state index is 13.3. The molecule has 26 heavy (non-hydrogen) atoms. The summed E-state index contributed by atoms with van der Waals surface area (Å²) >= 11 is 0. The molecule has 0 atom stereocenters. The fourth-order valence-electron chi connectivity index (χ4n) is 2.84. The molecule has 6 heteroatoms. The molecular weight excluding hydrogens is 331 g/mol. The van der Waals surface area contributed by atoms with Gasteiger partial charge in [0.05, 0.1) is 11.0 Å². The SMILES string of the molecule is CCN(CC)c1nc2ccccc2nc1C(=O)Nc1ccc(F)cc1C. The fraction of sp³-hybridized carbons (Fsp3) is 0.250. The number of carbonyl (C=O) groups is 1. The third-order valence-corrected chi connectivity index (χ3v) is 4.27. The summed E-state index contributed by atoms with van der Waals surface area (Å²) in [7, 11) is 0. The number of aryl methyl sites for hydroxylation is 1. The van der Waals surface area contributed by atoms with Crippen molar-refractivity contribution < 1.29 is 9.18 Å². The lowest BCUT2D eigenvalue weighted by Gasteiger charge is -2.22. The lowest BCUT2D eigenvalue weighted by Crippen LogP contribution is -2.28. The molecule has 1 amide bonds. The molecular formula is C20H21FN4O. The molecule has 0 unspecified atom stereocenters. The molecule has 0 spiro atoms.